The Labute approximate surface area is 81.9 Å². The van der Waals surface area contributed by atoms with Crippen molar-refractivity contribution in [3.8, 4) is 0 Å². The zero-order valence-corrected chi connectivity index (χ0v) is 9.01. The molecule has 0 fully saturated rings. The van der Waals surface area contributed by atoms with Crippen molar-refractivity contribution in [3.05, 3.63) is 0 Å². The number of carbonyl (C=O) groups is 1. The number of carbonyl (C=O) groups excluding carboxylic acids is 1. The van der Waals surface area contributed by atoms with Crippen molar-refractivity contribution < 1.29 is 4.79 Å². The fraction of sp³-hybridized carbons (Fsp3) is 0.909. The average molecular weight is 185 g/mol. The van der Waals surface area contributed by atoms with Gasteiger partial charge in [0.1, 0.15) is 5.78 Å². The predicted molar refractivity (Wildman–Crippen MR) is 56.6 cm³/mol. The van der Waals surface area contributed by atoms with E-state index in [1.54, 1.807) is 0 Å². The number of nitrogens with two attached hydrogens (primary N) is 1. The van der Waals surface area contributed by atoms with Gasteiger partial charge in [-0.05, 0) is 31.7 Å². The first-order valence-corrected chi connectivity index (χ1v) is 5.38. The monoisotopic (exact) mass is 185 g/mol. The van der Waals surface area contributed by atoms with Gasteiger partial charge in [-0.15, -0.1) is 0 Å². The number of Topliss-reactive ketones (excluding diaryl/α,β-unsaturated/α-hetero) is 1. The highest BCUT2D eigenvalue weighted by molar-refractivity contribution is 5.78. The minimum absolute atomic E-state index is 0.422. The van der Waals surface area contributed by atoms with Gasteiger partial charge in [0, 0.05) is 12.8 Å². The Kier molecular flexibility index (Phi) is 8.00. The molecule has 0 rings (SSSR count). The number of hydrogen-bond acceptors (Lipinski definition) is 2. The second-order valence-electron chi connectivity index (χ2n) is 4.07. The predicted octanol–water partition coefficient (Wildman–Crippen LogP) is 2.51. The molecular weight excluding hydrogens is 162 g/mol. The van der Waals surface area contributed by atoms with E-state index in [1.807, 2.05) is 0 Å². The zero-order valence-electron chi connectivity index (χ0n) is 9.01. The van der Waals surface area contributed by atoms with E-state index < -0.39 is 0 Å². The third kappa shape index (κ3) is 9.54. The van der Waals surface area contributed by atoms with Gasteiger partial charge in [0.15, 0.2) is 0 Å². The van der Waals surface area contributed by atoms with E-state index in [2.05, 4.69) is 13.8 Å². The quantitative estimate of drug-likeness (QED) is 0.590. The number of rotatable bonds is 8. The summed E-state index contributed by atoms with van der Waals surface area (Å²) in [6.45, 7) is 5.06. The summed E-state index contributed by atoms with van der Waals surface area (Å²) in [6, 6.07) is 0. The molecule has 0 aliphatic rings. The molecule has 0 aromatic carbocycles. The first-order chi connectivity index (χ1) is 6.16. The molecule has 78 valence electrons. The van der Waals surface area contributed by atoms with E-state index in [9.17, 15) is 4.79 Å². The first kappa shape index (κ1) is 12.6. The fourth-order valence-electron chi connectivity index (χ4n) is 1.22. The lowest BCUT2D eigenvalue weighted by atomic mass is 10.0. The molecular formula is C11H23NO. The molecule has 0 bridgehead atoms. The van der Waals surface area contributed by atoms with Gasteiger partial charge in [0.05, 0.1) is 0 Å². The standard InChI is InChI=1S/C11H23NO/c1-10(2)7-8-11(13)6-4-3-5-9-12/h10H,3-9,12H2,1-2H3. The van der Waals surface area contributed by atoms with E-state index in [4.69, 9.17) is 5.73 Å². The topological polar surface area (TPSA) is 43.1 Å². The Morgan fingerprint density at radius 3 is 2.38 bits per heavy atom. The lowest BCUT2D eigenvalue weighted by Crippen LogP contribution is -2.02. The summed E-state index contributed by atoms with van der Waals surface area (Å²) in [7, 11) is 0. The molecule has 0 spiro atoms. The van der Waals surface area contributed by atoms with Crippen LogP contribution in [0.25, 0.3) is 0 Å². The molecule has 0 aliphatic heterocycles. The van der Waals surface area contributed by atoms with Gasteiger partial charge in [-0.25, -0.2) is 0 Å². The number of unbranched alkanes of at least 4 members (excludes halogenated alkanes) is 2. The Bertz CT molecular complexity index is 132. The van der Waals surface area contributed by atoms with Crippen molar-refractivity contribution in [1.29, 1.82) is 0 Å². The normalized spacial score (nSPS) is 10.8. The Hall–Kier alpha value is -0.370. The molecule has 0 radical (unpaired) electrons. The summed E-state index contributed by atoms with van der Waals surface area (Å²) in [5, 5.41) is 0. The lowest BCUT2D eigenvalue weighted by molar-refractivity contribution is -0.119. The molecule has 2 N–H and O–H groups in total. The molecule has 0 atom stereocenters. The molecule has 0 aromatic heterocycles. The second-order valence-corrected chi connectivity index (χ2v) is 4.07. The van der Waals surface area contributed by atoms with Gasteiger partial charge in [-0.2, -0.15) is 0 Å². The van der Waals surface area contributed by atoms with E-state index in [1.165, 1.54) is 0 Å². The second kappa shape index (κ2) is 8.24. The lowest BCUT2D eigenvalue weighted by Gasteiger charge is -2.03. The van der Waals surface area contributed by atoms with Crippen LogP contribution in [0.2, 0.25) is 0 Å². The minimum atomic E-state index is 0.422. The van der Waals surface area contributed by atoms with Crippen LogP contribution in [0.3, 0.4) is 0 Å². The Morgan fingerprint density at radius 1 is 1.15 bits per heavy atom. The van der Waals surface area contributed by atoms with E-state index >= 15 is 0 Å². The molecule has 2 heteroatoms. The van der Waals surface area contributed by atoms with Crippen LogP contribution >= 0.6 is 0 Å². The summed E-state index contributed by atoms with van der Waals surface area (Å²) in [6.07, 6.45) is 5.73. The molecule has 0 heterocycles. The van der Waals surface area contributed by atoms with Crippen LogP contribution in [0.5, 0.6) is 0 Å². The number of hydrogen-bond donors (Lipinski definition) is 1. The van der Waals surface area contributed by atoms with Crippen LogP contribution < -0.4 is 5.73 Å². The highest BCUT2D eigenvalue weighted by atomic mass is 16.1. The van der Waals surface area contributed by atoms with Crippen LogP contribution in [0, 0.1) is 5.92 Å². The maximum atomic E-state index is 11.3. The third-order valence-electron chi connectivity index (χ3n) is 2.16. The van der Waals surface area contributed by atoms with Crippen molar-refractivity contribution in [2.45, 2.75) is 52.4 Å². The van der Waals surface area contributed by atoms with Crippen molar-refractivity contribution >= 4 is 5.78 Å². The molecule has 13 heavy (non-hydrogen) atoms. The van der Waals surface area contributed by atoms with Crippen LogP contribution in [0.1, 0.15) is 52.4 Å². The maximum absolute atomic E-state index is 11.3. The van der Waals surface area contributed by atoms with Gasteiger partial charge >= 0.3 is 0 Å². The maximum Gasteiger partial charge on any atom is 0.132 e. The van der Waals surface area contributed by atoms with Crippen molar-refractivity contribution in [1.82, 2.24) is 0 Å². The summed E-state index contributed by atoms with van der Waals surface area (Å²) in [5.74, 6) is 1.07. The smallest absolute Gasteiger partial charge is 0.132 e. The van der Waals surface area contributed by atoms with Crippen LogP contribution in [0.4, 0.5) is 0 Å². The molecule has 0 saturated heterocycles. The first-order valence-electron chi connectivity index (χ1n) is 5.38. The van der Waals surface area contributed by atoms with E-state index in [0.29, 0.717) is 11.7 Å². The van der Waals surface area contributed by atoms with Crippen molar-refractivity contribution in [2.75, 3.05) is 6.54 Å². The van der Waals surface area contributed by atoms with Crippen LogP contribution in [-0.2, 0) is 4.79 Å². The Balaban J connectivity index is 3.20. The number of ketones is 1. The van der Waals surface area contributed by atoms with Gasteiger partial charge in [-0.3, -0.25) is 4.79 Å². The highest BCUT2D eigenvalue weighted by Crippen LogP contribution is 2.08. The van der Waals surface area contributed by atoms with Gasteiger partial charge in [0.25, 0.3) is 0 Å². The minimum Gasteiger partial charge on any atom is -0.330 e. The summed E-state index contributed by atoms with van der Waals surface area (Å²) in [4.78, 5) is 11.3. The van der Waals surface area contributed by atoms with Crippen molar-refractivity contribution in [2.24, 2.45) is 11.7 Å². The molecule has 0 aromatic rings. The van der Waals surface area contributed by atoms with E-state index in [0.717, 1.165) is 45.1 Å². The molecule has 0 saturated carbocycles. The summed E-state index contributed by atoms with van der Waals surface area (Å²) < 4.78 is 0. The highest BCUT2D eigenvalue weighted by Gasteiger charge is 2.02. The SMILES string of the molecule is CC(C)CCC(=O)CCCCCN. The summed E-state index contributed by atoms with van der Waals surface area (Å²) in [5.41, 5.74) is 5.36. The van der Waals surface area contributed by atoms with Crippen LogP contribution in [0.15, 0.2) is 0 Å². The van der Waals surface area contributed by atoms with Gasteiger partial charge < -0.3 is 5.73 Å². The van der Waals surface area contributed by atoms with Gasteiger partial charge in [-0.1, -0.05) is 20.3 Å². The molecule has 0 aliphatic carbocycles. The van der Waals surface area contributed by atoms with Gasteiger partial charge in [0.2, 0.25) is 0 Å². The van der Waals surface area contributed by atoms with Crippen molar-refractivity contribution in [3.63, 3.8) is 0 Å². The zero-order chi connectivity index (χ0) is 10.1. The molecule has 0 unspecified atom stereocenters. The average Bonchev–Trinajstić information content (AvgIpc) is 2.09. The fourth-order valence-corrected chi connectivity index (χ4v) is 1.22. The molecule has 2 nitrogen and oxygen atoms in total. The Morgan fingerprint density at radius 2 is 1.85 bits per heavy atom. The van der Waals surface area contributed by atoms with Crippen LogP contribution in [-0.4, -0.2) is 12.3 Å². The summed E-state index contributed by atoms with van der Waals surface area (Å²) >= 11 is 0. The molecule has 0 amide bonds. The third-order valence-corrected chi connectivity index (χ3v) is 2.16. The largest absolute Gasteiger partial charge is 0.330 e. The van der Waals surface area contributed by atoms with E-state index in [-0.39, 0.29) is 0 Å².